The first-order valence-corrected chi connectivity index (χ1v) is 11.9. The largest absolute Gasteiger partial charge is 0.425 e. The van der Waals surface area contributed by atoms with Crippen LogP contribution in [-0.2, 0) is 14.8 Å². The van der Waals surface area contributed by atoms with Gasteiger partial charge in [0, 0.05) is 11.8 Å². The average molecular weight is 452 g/mol. The second-order valence-corrected chi connectivity index (χ2v) is 9.29. The van der Waals surface area contributed by atoms with Gasteiger partial charge >= 0.3 is 5.97 Å². The fourth-order valence-corrected chi connectivity index (χ4v) is 4.55. The number of carbonyl (C=O) groups is 1. The van der Waals surface area contributed by atoms with Crippen LogP contribution in [0, 0.1) is 18.8 Å². The Morgan fingerprint density at radius 2 is 1.68 bits per heavy atom. The van der Waals surface area contributed by atoms with E-state index in [9.17, 15) is 13.2 Å². The van der Waals surface area contributed by atoms with E-state index < -0.39 is 16.0 Å². The Labute approximate surface area is 186 Å². The molecule has 0 aliphatic rings. The molecule has 0 heterocycles. The lowest BCUT2D eigenvalue weighted by atomic mass is 10.2. The van der Waals surface area contributed by atoms with Gasteiger partial charge in [0.05, 0.1) is 21.9 Å². The molecule has 0 atom stereocenters. The molecule has 158 valence electrons. The minimum atomic E-state index is -3.69. The smallest absolute Gasteiger partial charge is 0.308 e. The van der Waals surface area contributed by atoms with Gasteiger partial charge in [0.15, 0.2) is 0 Å². The maximum absolute atomic E-state index is 12.7. The van der Waals surface area contributed by atoms with Crippen LogP contribution in [0.2, 0.25) is 0 Å². The number of anilines is 1. The fourth-order valence-electron chi connectivity index (χ4n) is 2.66. The van der Waals surface area contributed by atoms with Crippen molar-refractivity contribution in [2.24, 2.45) is 0 Å². The second-order valence-electron chi connectivity index (χ2n) is 6.59. The third-order valence-electron chi connectivity index (χ3n) is 4.13. The molecule has 0 radical (unpaired) electrons. The van der Waals surface area contributed by atoms with Crippen LogP contribution in [0.1, 0.15) is 18.1 Å². The number of hydrogen-bond acceptors (Lipinski definition) is 5. The van der Waals surface area contributed by atoms with Crippen molar-refractivity contribution in [3.63, 3.8) is 0 Å². The lowest BCUT2D eigenvalue weighted by Gasteiger charge is -2.11. The number of nitrogens with one attached hydrogen (secondary N) is 1. The van der Waals surface area contributed by atoms with Crippen LogP contribution in [0.5, 0.6) is 5.75 Å². The Balaban J connectivity index is 1.72. The Hall–Kier alpha value is -3.21. The molecule has 5 nitrogen and oxygen atoms in total. The van der Waals surface area contributed by atoms with Crippen molar-refractivity contribution in [1.82, 2.24) is 0 Å². The summed E-state index contributed by atoms with van der Waals surface area (Å²) in [6, 6.07) is 20.9. The summed E-state index contributed by atoms with van der Waals surface area (Å²) in [6.07, 6.45) is 0. The molecule has 0 amide bonds. The van der Waals surface area contributed by atoms with E-state index in [-0.39, 0.29) is 4.90 Å². The molecule has 7 heteroatoms. The van der Waals surface area contributed by atoms with Crippen molar-refractivity contribution in [2.45, 2.75) is 23.6 Å². The van der Waals surface area contributed by atoms with Crippen LogP contribution in [-0.4, -0.2) is 20.1 Å². The van der Waals surface area contributed by atoms with Gasteiger partial charge in [0.25, 0.3) is 10.0 Å². The summed E-state index contributed by atoms with van der Waals surface area (Å²) in [4.78, 5) is 12.2. The van der Waals surface area contributed by atoms with Gasteiger partial charge in [-0.05, 0) is 43.3 Å². The van der Waals surface area contributed by atoms with Crippen LogP contribution in [0.3, 0.4) is 0 Å². The van der Waals surface area contributed by atoms with Crippen LogP contribution >= 0.6 is 11.8 Å². The summed E-state index contributed by atoms with van der Waals surface area (Å²) >= 11 is 1.42. The Morgan fingerprint density at radius 3 is 2.42 bits per heavy atom. The number of ether oxygens (including phenoxy) is 1. The minimum absolute atomic E-state index is 0.208. The zero-order chi connectivity index (χ0) is 22.3. The molecule has 31 heavy (non-hydrogen) atoms. The molecular weight excluding hydrogens is 430 g/mol. The van der Waals surface area contributed by atoms with Gasteiger partial charge in [-0.15, -0.1) is 11.8 Å². The monoisotopic (exact) mass is 451 g/mol. The molecule has 0 aliphatic carbocycles. The number of thioether (sulfide) groups is 1. The average Bonchev–Trinajstić information content (AvgIpc) is 2.73. The quantitative estimate of drug-likeness (QED) is 0.251. The Kier molecular flexibility index (Phi) is 7.40. The maximum atomic E-state index is 12.7. The molecule has 0 bridgehead atoms. The van der Waals surface area contributed by atoms with Crippen molar-refractivity contribution in [3.05, 3.63) is 83.9 Å². The first-order chi connectivity index (χ1) is 14.8. The summed E-state index contributed by atoms with van der Waals surface area (Å²) in [5.74, 6) is 6.48. The molecule has 0 saturated carbocycles. The summed E-state index contributed by atoms with van der Waals surface area (Å²) in [5, 5.41) is 0. The lowest BCUT2D eigenvalue weighted by Crippen LogP contribution is -2.13. The molecule has 0 unspecified atom stereocenters. The molecule has 1 N–H and O–H groups in total. The molecule has 0 aliphatic heterocycles. The summed E-state index contributed by atoms with van der Waals surface area (Å²) in [5.41, 5.74) is 2.10. The van der Waals surface area contributed by atoms with Gasteiger partial charge in [0.2, 0.25) is 0 Å². The summed E-state index contributed by atoms with van der Waals surface area (Å²) in [6.45, 7) is 3.25. The SMILES string of the molecule is CC(=O)Oc1ccccc1C#CCSc1ccccc1NS(=O)(=O)c1ccc(C)cc1. The molecule has 0 aromatic heterocycles. The van der Waals surface area contributed by atoms with Crippen LogP contribution in [0.25, 0.3) is 0 Å². The maximum Gasteiger partial charge on any atom is 0.308 e. The number of carbonyl (C=O) groups excluding carboxylic acids is 1. The predicted octanol–water partition coefficient (Wildman–Crippen LogP) is 4.86. The standard InChI is InChI=1S/C24H21NO4S2/c1-18-13-15-21(16-14-18)31(27,28)25-22-10-4-6-12-24(22)30-17-7-9-20-8-3-5-11-23(20)29-19(2)26/h3-6,8,10-16,25H,17H2,1-2H3. The number of para-hydroxylation sites is 2. The predicted molar refractivity (Wildman–Crippen MR) is 124 cm³/mol. The van der Waals surface area contributed by atoms with Crippen molar-refractivity contribution < 1.29 is 17.9 Å². The van der Waals surface area contributed by atoms with Crippen LogP contribution < -0.4 is 9.46 Å². The van der Waals surface area contributed by atoms with Gasteiger partial charge in [-0.3, -0.25) is 9.52 Å². The molecule has 3 aromatic carbocycles. The molecule has 0 spiro atoms. The van der Waals surface area contributed by atoms with Gasteiger partial charge in [0.1, 0.15) is 5.75 Å². The molecule has 0 fully saturated rings. The van der Waals surface area contributed by atoms with Crippen molar-refractivity contribution in [3.8, 4) is 17.6 Å². The van der Waals surface area contributed by atoms with E-state index in [0.717, 1.165) is 10.5 Å². The normalized spacial score (nSPS) is 10.6. The number of sulfonamides is 1. The highest BCUT2D eigenvalue weighted by molar-refractivity contribution is 7.99. The fraction of sp³-hybridized carbons (Fsp3) is 0.125. The van der Waals surface area contributed by atoms with Gasteiger partial charge in [-0.1, -0.05) is 53.8 Å². The van der Waals surface area contributed by atoms with E-state index in [2.05, 4.69) is 16.6 Å². The van der Waals surface area contributed by atoms with Crippen LogP contribution in [0.4, 0.5) is 5.69 Å². The third-order valence-corrected chi connectivity index (χ3v) is 6.46. The van der Waals surface area contributed by atoms with E-state index in [4.69, 9.17) is 4.74 Å². The number of esters is 1. The zero-order valence-corrected chi connectivity index (χ0v) is 18.7. The van der Waals surface area contributed by atoms with Gasteiger partial charge < -0.3 is 4.74 Å². The molecular formula is C24H21NO4S2. The highest BCUT2D eigenvalue weighted by Gasteiger charge is 2.15. The first kappa shape index (κ1) is 22.5. The molecule has 0 saturated heterocycles. The first-order valence-electron chi connectivity index (χ1n) is 9.43. The lowest BCUT2D eigenvalue weighted by molar-refractivity contribution is -0.131. The highest BCUT2D eigenvalue weighted by atomic mass is 32.2. The number of aryl methyl sites for hydroxylation is 1. The minimum Gasteiger partial charge on any atom is -0.425 e. The summed E-state index contributed by atoms with van der Waals surface area (Å²) in [7, 11) is -3.69. The second kappa shape index (κ2) is 10.2. The van der Waals surface area contributed by atoms with Crippen molar-refractivity contribution >= 4 is 33.4 Å². The zero-order valence-electron chi connectivity index (χ0n) is 17.1. The van der Waals surface area contributed by atoms with Crippen LogP contribution in [0.15, 0.2) is 82.6 Å². The van der Waals surface area contributed by atoms with E-state index in [1.807, 2.05) is 25.1 Å². The van der Waals surface area contributed by atoms with Crippen molar-refractivity contribution in [1.29, 1.82) is 0 Å². The van der Waals surface area contributed by atoms with E-state index in [1.54, 1.807) is 54.6 Å². The number of rotatable bonds is 6. The molecule has 3 rings (SSSR count). The summed E-state index contributed by atoms with van der Waals surface area (Å²) < 4.78 is 33.2. The Morgan fingerprint density at radius 1 is 1.00 bits per heavy atom. The van der Waals surface area contributed by atoms with E-state index >= 15 is 0 Å². The van der Waals surface area contributed by atoms with E-state index in [1.165, 1.54) is 18.7 Å². The van der Waals surface area contributed by atoms with E-state index in [0.29, 0.717) is 22.8 Å². The van der Waals surface area contributed by atoms with Crippen molar-refractivity contribution in [2.75, 3.05) is 10.5 Å². The van der Waals surface area contributed by atoms with Gasteiger partial charge in [-0.25, -0.2) is 8.42 Å². The van der Waals surface area contributed by atoms with Gasteiger partial charge in [-0.2, -0.15) is 0 Å². The third kappa shape index (κ3) is 6.38. The highest BCUT2D eigenvalue weighted by Crippen LogP contribution is 2.29. The number of hydrogen-bond donors (Lipinski definition) is 1. The molecule has 3 aromatic rings. The Bertz CT molecular complexity index is 1240. The topological polar surface area (TPSA) is 72.5 Å². The number of benzene rings is 3.